The zero-order valence-corrected chi connectivity index (χ0v) is 16.2. The molecule has 1 fully saturated rings. The lowest BCUT2D eigenvalue weighted by atomic mass is 10.0. The third-order valence-electron chi connectivity index (χ3n) is 4.91. The molecule has 28 heavy (non-hydrogen) atoms. The standard InChI is InChI=1S/C22H20N4OS/c1-4-16(12-17(5-1)18-6-2-10-23-13-18)14-26(19-8-9-19)15-21-24-25-22(27-21)20-7-3-11-28-20/h1-7,10-13,19H,8-9,14-15H2. The molecule has 6 heteroatoms. The predicted molar refractivity (Wildman–Crippen MR) is 110 cm³/mol. The van der Waals surface area contributed by atoms with Crippen molar-refractivity contribution in [2.45, 2.75) is 32.0 Å². The molecule has 1 saturated carbocycles. The first kappa shape index (κ1) is 17.3. The smallest absolute Gasteiger partial charge is 0.257 e. The zero-order valence-electron chi connectivity index (χ0n) is 15.4. The van der Waals surface area contributed by atoms with Gasteiger partial charge in [0.25, 0.3) is 5.89 Å². The number of aromatic nitrogens is 3. The molecular weight excluding hydrogens is 368 g/mol. The summed E-state index contributed by atoms with van der Waals surface area (Å²) < 4.78 is 5.91. The second-order valence-electron chi connectivity index (χ2n) is 7.06. The lowest BCUT2D eigenvalue weighted by Gasteiger charge is -2.20. The molecule has 0 N–H and O–H groups in total. The van der Waals surface area contributed by atoms with Crippen LogP contribution >= 0.6 is 11.3 Å². The van der Waals surface area contributed by atoms with Crippen molar-refractivity contribution in [1.82, 2.24) is 20.1 Å². The van der Waals surface area contributed by atoms with Crippen LogP contribution in [0.5, 0.6) is 0 Å². The van der Waals surface area contributed by atoms with Crippen LogP contribution in [0.25, 0.3) is 21.9 Å². The average Bonchev–Trinajstić information content (AvgIpc) is 3.24. The van der Waals surface area contributed by atoms with Gasteiger partial charge in [-0.25, -0.2) is 0 Å². The Morgan fingerprint density at radius 2 is 1.93 bits per heavy atom. The summed E-state index contributed by atoms with van der Waals surface area (Å²) in [6.07, 6.45) is 6.17. The van der Waals surface area contributed by atoms with Crippen molar-refractivity contribution in [3.8, 4) is 21.9 Å². The topological polar surface area (TPSA) is 55.1 Å². The van der Waals surface area contributed by atoms with Gasteiger partial charge in [0.05, 0.1) is 11.4 Å². The van der Waals surface area contributed by atoms with E-state index < -0.39 is 0 Å². The van der Waals surface area contributed by atoms with Crippen molar-refractivity contribution in [2.24, 2.45) is 0 Å². The Morgan fingerprint density at radius 3 is 2.71 bits per heavy atom. The Morgan fingerprint density at radius 1 is 1.00 bits per heavy atom. The van der Waals surface area contributed by atoms with Gasteiger partial charge < -0.3 is 4.42 Å². The maximum Gasteiger partial charge on any atom is 0.257 e. The van der Waals surface area contributed by atoms with Gasteiger partial charge in [-0.2, -0.15) is 0 Å². The van der Waals surface area contributed by atoms with Crippen LogP contribution in [0.2, 0.25) is 0 Å². The van der Waals surface area contributed by atoms with Crippen LogP contribution < -0.4 is 0 Å². The van der Waals surface area contributed by atoms with E-state index in [0.29, 0.717) is 24.4 Å². The third kappa shape index (κ3) is 3.88. The summed E-state index contributed by atoms with van der Waals surface area (Å²) in [6, 6.07) is 17.3. The fourth-order valence-electron chi connectivity index (χ4n) is 3.36. The van der Waals surface area contributed by atoms with Crippen molar-refractivity contribution >= 4 is 11.3 Å². The molecule has 0 aliphatic heterocycles. The molecule has 140 valence electrons. The molecule has 0 radical (unpaired) electrons. The Bertz CT molecular complexity index is 1040. The molecule has 1 aromatic carbocycles. The van der Waals surface area contributed by atoms with E-state index >= 15 is 0 Å². The molecule has 5 nitrogen and oxygen atoms in total. The van der Waals surface area contributed by atoms with Crippen LogP contribution in [0.1, 0.15) is 24.3 Å². The highest BCUT2D eigenvalue weighted by molar-refractivity contribution is 7.13. The number of nitrogens with zero attached hydrogens (tertiary/aromatic N) is 4. The summed E-state index contributed by atoms with van der Waals surface area (Å²) in [5.74, 6) is 1.29. The molecule has 0 unspecified atom stereocenters. The maximum atomic E-state index is 5.91. The lowest BCUT2D eigenvalue weighted by Crippen LogP contribution is -2.25. The molecule has 0 bridgehead atoms. The van der Waals surface area contributed by atoms with E-state index in [-0.39, 0.29) is 0 Å². The van der Waals surface area contributed by atoms with Crippen LogP contribution in [-0.2, 0) is 13.1 Å². The Hall–Kier alpha value is -2.83. The fourth-order valence-corrected chi connectivity index (χ4v) is 4.01. The summed E-state index contributed by atoms with van der Waals surface area (Å²) in [5.41, 5.74) is 3.62. The molecule has 0 amide bonds. The molecule has 0 atom stereocenters. The summed E-state index contributed by atoms with van der Waals surface area (Å²) in [4.78, 5) is 7.69. The average molecular weight is 388 g/mol. The molecule has 1 aliphatic rings. The van der Waals surface area contributed by atoms with Crippen molar-refractivity contribution in [2.75, 3.05) is 0 Å². The Labute approximate surface area is 167 Å². The van der Waals surface area contributed by atoms with E-state index in [4.69, 9.17) is 4.42 Å². The largest absolute Gasteiger partial charge is 0.419 e. The van der Waals surface area contributed by atoms with Gasteiger partial charge >= 0.3 is 0 Å². The minimum absolute atomic E-state index is 0.596. The van der Waals surface area contributed by atoms with Gasteiger partial charge in [-0.05, 0) is 53.1 Å². The monoisotopic (exact) mass is 388 g/mol. The van der Waals surface area contributed by atoms with Gasteiger partial charge in [-0.1, -0.05) is 30.3 Å². The molecule has 5 rings (SSSR count). The van der Waals surface area contributed by atoms with Crippen LogP contribution in [0.15, 0.2) is 70.7 Å². The molecule has 3 aromatic heterocycles. The molecule has 1 aliphatic carbocycles. The number of rotatable bonds is 7. The molecule has 0 spiro atoms. The first-order valence-corrected chi connectivity index (χ1v) is 10.3. The van der Waals surface area contributed by atoms with E-state index in [2.05, 4.69) is 50.4 Å². The minimum atomic E-state index is 0.596. The van der Waals surface area contributed by atoms with Gasteiger partial charge in [0.2, 0.25) is 5.89 Å². The summed E-state index contributed by atoms with van der Waals surface area (Å²) in [5, 5.41) is 10.5. The highest BCUT2D eigenvalue weighted by Gasteiger charge is 2.30. The molecule has 3 heterocycles. The number of hydrogen-bond donors (Lipinski definition) is 0. The second-order valence-corrected chi connectivity index (χ2v) is 8.00. The SMILES string of the molecule is c1cncc(-c2cccc(CN(Cc3nnc(-c4cccs4)o3)C3CC3)c2)c1. The highest BCUT2D eigenvalue weighted by Crippen LogP contribution is 2.31. The van der Waals surface area contributed by atoms with Crippen molar-refractivity contribution in [3.63, 3.8) is 0 Å². The molecule has 0 saturated heterocycles. The quantitative estimate of drug-likeness (QED) is 0.445. The molecule has 4 aromatic rings. The van der Waals surface area contributed by atoms with Crippen LogP contribution in [0.4, 0.5) is 0 Å². The summed E-state index contributed by atoms with van der Waals surface area (Å²) >= 11 is 1.61. The van der Waals surface area contributed by atoms with E-state index in [1.54, 1.807) is 17.5 Å². The normalized spacial score (nSPS) is 13.9. The third-order valence-corrected chi connectivity index (χ3v) is 5.77. The number of benzene rings is 1. The van der Waals surface area contributed by atoms with E-state index in [9.17, 15) is 0 Å². The van der Waals surface area contributed by atoms with Crippen molar-refractivity contribution < 1.29 is 4.42 Å². The van der Waals surface area contributed by atoms with Crippen LogP contribution in [0, 0.1) is 0 Å². The first-order chi connectivity index (χ1) is 13.8. The van der Waals surface area contributed by atoms with Crippen molar-refractivity contribution in [3.05, 3.63) is 77.8 Å². The number of pyridine rings is 1. The Kier molecular flexibility index (Phi) is 4.72. The predicted octanol–water partition coefficient (Wildman–Crippen LogP) is 5.02. The first-order valence-electron chi connectivity index (χ1n) is 9.45. The summed E-state index contributed by atoms with van der Waals surface area (Å²) in [6.45, 7) is 1.55. The maximum absolute atomic E-state index is 5.91. The zero-order chi connectivity index (χ0) is 18.8. The Balaban J connectivity index is 1.33. The van der Waals surface area contributed by atoms with Crippen LogP contribution in [-0.4, -0.2) is 26.1 Å². The number of hydrogen-bond acceptors (Lipinski definition) is 6. The second kappa shape index (κ2) is 7.66. The summed E-state index contributed by atoms with van der Waals surface area (Å²) in [7, 11) is 0. The van der Waals surface area contributed by atoms with Gasteiger partial charge in [0.15, 0.2) is 0 Å². The van der Waals surface area contributed by atoms with E-state index in [1.165, 1.54) is 24.0 Å². The van der Waals surface area contributed by atoms with E-state index in [0.717, 1.165) is 17.0 Å². The van der Waals surface area contributed by atoms with Gasteiger partial charge in [0, 0.05) is 25.0 Å². The van der Waals surface area contributed by atoms with E-state index in [1.807, 2.05) is 29.8 Å². The number of thiophene rings is 1. The van der Waals surface area contributed by atoms with Gasteiger partial charge in [0.1, 0.15) is 0 Å². The van der Waals surface area contributed by atoms with Gasteiger partial charge in [-0.3, -0.25) is 9.88 Å². The lowest BCUT2D eigenvalue weighted by molar-refractivity contribution is 0.221. The molecular formula is C22H20N4OS. The van der Waals surface area contributed by atoms with Gasteiger partial charge in [-0.15, -0.1) is 21.5 Å². The van der Waals surface area contributed by atoms with Crippen LogP contribution in [0.3, 0.4) is 0 Å². The fraction of sp³-hybridized carbons (Fsp3) is 0.227. The highest BCUT2D eigenvalue weighted by atomic mass is 32.1. The minimum Gasteiger partial charge on any atom is -0.419 e. The van der Waals surface area contributed by atoms with Crippen molar-refractivity contribution in [1.29, 1.82) is 0 Å².